The molecule has 0 aliphatic carbocycles. The van der Waals surface area contributed by atoms with Gasteiger partial charge in [0, 0.05) is 11.4 Å². The highest BCUT2D eigenvalue weighted by molar-refractivity contribution is 6.30. The lowest BCUT2D eigenvalue weighted by Crippen LogP contribution is -2.14. The third-order valence-corrected chi connectivity index (χ3v) is 3.47. The monoisotopic (exact) mass is 317 g/mol. The topological polar surface area (TPSA) is 66.4 Å². The van der Waals surface area contributed by atoms with Crippen LogP contribution in [0.4, 0.5) is 5.69 Å². The highest BCUT2D eigenvalue weighted by Crippen LogP contribution is 2.16. The molecule has 5 heteroatoms. The van der Waals surface area contributed by atoms with Crippen LogP contribution >= 0.6 is 11.6 Å². The minimum Gasteiger partial charge on any atom is -0.478 e. The first-order valence-corrected chi connectivity index (χ1v) is 7.30. The summed E-state index contributed by atoms with van der Waals surface area (Å²) in [4.78, 5) is 23.0. The predicted octanol–water partition coefficient (Wildman–Crippen LogP) is 4.00. The van der Waals surface area contributed by atoms with Gasteiger partial charge in [0.25, 0.3) is 0 Å². The van der Waals surface area contributed by atoms with Crippen LogP contribution in [-0.2, 0) is 11.2 Å². The standard InChI is InChI=1S/C17H16ClNO3/c18-13-10-8-12(9-11-13)4-3-7-16(20)19-15-6-2-1-5-14(15)17(21)22/h1-2,5-6,8-11H,3-4,7H2,(H,19,20)(H,21,22). The lowest BCUT2D eigenvalue weighted by Gasteiger charge is -2.08. The number of benzene rings is 2. The molecule has 2 N–H and O–H groups in total. The minimum atomic E-state index is -1.06. The number of carboxylic acid groups (broad SMARTS) is 1. The van der Waals surface area contributed by atoms with Gasteiger partial charge in [0.05, 0.1) is 11.3 Å². The van der Waals surface area contributed by atoms with Gasteiger partial charge in [-0.2, -0.15) is 0 Å². The van der Waals surface area contributed by atoms with E-state index >= 15 is 0 Å². The zero-order chi connectivity index (χ0) is 15.9. The minimum absolute atomic E-state index is 0.0913. The summed E-state index contributed by atoms with van der Waals surface area (Å²) in [5.41, 5.74) is 1.53. The number of carboxylic acids is 1. The van der Waals surface area contributed by atoms with Crippen molar-refractivity contribution in [3.8, 4) is 0 Å². The average Bonchev–Trinajstić information content (AvgIpc) is 2.49. The number of aryl methyl sites for hydroxylation is 1. The zero-order valence-corrected chi connectivity index (χ0v) is 12.6. The van der Waals surface area contributed by atoms with Gasteiger partial charge in [0.1, 0.15) is 0 Å². The Kier molecular flexibility index (Phi) is 5.55. The van der Waals surface area contributed by atoms with Crippen molar-refractivity contribution in [1.29, 1.82) is 0 Å². The van der Waals surface area contributed by atoms with Gasteiger partial charge in [0.2, 0.25) is 5.91 Å². The molecule has 0 saturated carbocycles. The Balaban J connectivity index is 1.86. The predicted molar refractivity (Wildman–Crippen MR) is 86.4 cm³/mol. The summed E-state index contributed by atoms with van der Waals surface area (Å²) in [6, 6.07) is 13.9. The fourth-order valence-electron chi connectivity index (χ4n) is 2.10. The molecule has 0 spiro atoms. The van der Waals surface area contributed by atoms with E-state index in [4.69, 9.17) is 16.7 Å². The summed E-state index contributed by atoms with van der Waals surface area (Å²) in [6.45, 7) is 0. The Morgan fingerprint density at radius 2 is 1.73 bits per heavy atom. The van der Waals surface area contributed by atoms with Crippen molar-refractivity contribution in [2.24, 2.45) is 0 Å². The Hall–Kier alpha value is -2.33. The fraction of sp³-hybridized carbons (Fsp3) is 0.176. The lowest BCUT2D eigenvalue weighted by molar-refractivity contribution is -0.116. The highest BCUT2D eigenvalue weighted by atomic mass is 35.5. The Bertz CT molecular complexity index is 668. The van der Waals surface area contributed by atoms with Crippen LogP contribution in [0.2, 0.25) is 5.02 Å². The Morgan fingerprint density at radius 1 is 1.05 bits per heavy atom. The second kappa shape index (κ2) is 7.61. The normalized spacial score (nSPS) is 10.2. The van der Waals surface area contributed by atoms with Crippen LogP contribution in [0.1, 0.15) is 28.8 Å². The molecule has 0 saturated heterocycles. The maximum Gasteiger partial charge on any atom is 0.337 e. The molecule has 0 aromatic heterocycles. The molecule has 2 aromatic carbocycles. The molecule has 0 atom stereocenters. The first-order valence-electron chi connectivity index (χ1n) is 6.93. The van der Waals surface area contributed by atoms with Gasteiger partial charge in [-0.05, 0) is 42.7 Å². The molecule has 0 heterocycles. The number of amides is 1. The summed E-state index contributed by atoms with van der Waals surface area (Å²) >= 11 is 5.81. The number of anilines is 1. The summed E-state index contributed by atoms with van der Waals surface area (Å²) in [7, 11) is 0. The second-order valence-corrected chi connectivity index (χ2v) is 5.32. The van der Waals surface area contributed by atoms with E-state index in [1.165, 1.54) is 6.07 Å². The van der Waals surface area contributed by atoms with E-state index in [2.05, 4.69) is 5.32 Å². The molecule has 114 valence electrons. The van der Waals surface area contributed by atoms with Crippen LogP contribution in [-0.4, -0.2) is 17.0 Å². The van der Waals surface area contributed by atoms with Gasteiger partial charge in [-0.15, -0.1) is 0 Å². The molecular formula is C17H16ClNO3. The number of nitrogens with one attached hydrogen (secondary N) is 1. The molecule has 0 radical (unpaired) electrons. The third-order valence-electron chi connectivity index (χ3n) is 3.21. The molecule has 22 heavy (non-hydrogen) atoms. The van der Waals surface area contributed by atoms with E-state index in [0.29, 0.717) is 23.6 Å². The number of aromatic carboxylic acids is 1. The van der Waals surface area contributed by atoms with Crippen molar-refractivity contribution in [3.63, 3.8) is 0 Å². The van der Waals surface area contributed by atoms with E-state index < -0.39 is 5.97 Å². The Labute approximate surface area is 133 Å². The number of carbonyl (C=O) groups excluding carboxylic acids is 1. The summed E-state index contributed by atoms with van der Waals surface area (Å²) < 4.78 is 0. The number of rotatable bonds is 6. The molecule has 0 unspecified atom stereocenters. The Morgan fingerprint density at radius 3 is 2.41 bits per heavy atom. The van der Waals surface area contributed by atoms with Crippen LogP contribution in [0.5, 0.6) is 0 Å². The molecule has 0 fully saturated rings. The third kappa shape index (κ3) is 4.60. The second-order valence-electron chi connectivity index (χ2n) is 4.88. The number of halogens is 1. The molecule has 0 bridgehead atoms. The highest BCUT2D eigenvalue weighted by Gasteiger charge is 2.11. The van der Waals surface area contributed by atoms with Crippen molar-refractivity contribution in [2.75, 3.05) is 5.32 Å². The molecule has 2 rings (SSSR count). The first-order chi connectivity index (χ1) is 10.6. The maximum absolute atomic E-state index is 11.9. The smallest absolute Gasteiger partial charge is 0.337 e. The van der Waals surface area contributed by atoms with E-state index in [1.807, 2.05) is 24.3 Å². The van der Waals surface area contributed by atoms with Gasteiger partial charge < -0.3 is 10.4 Å². The van der Waals surface area contributed by atoms with Gasteiger partial charge in [-0.25, -0.2) is 4.79 Å². The molecule has 0 aliphatic rings. The SMILES string of the molecule is O=C(CCCc1ccc(Cl)cc1)Nc1ccccc1C(=O)O. The van der Waals surface area contributed by atoms with Crippen LogP contribution in [0.15, 0.2) is 48.5 Å². The van der Waals surface area contributed by atoms with Crippen molar-refractivity contribution in [2.45, 2.75) is 19.3 Å². The maximum atomic E-state index is 11.9. The van der Waals surface area contributed by atoms with E-state index in [9.17, 15) is 9.59 Å². The van der Waals surface area contributed by atoms with E-state index in [-0.39, 0.29) is 11.5 Å². The lowest BCUT2D eigenvalue weighted by atomic mass is 10.1. The average molecular weight is 318 g/mol. The number of hydrogen-bond donors (Lipinski definition) is 2. The van der Waals surface area contributed by atoms with Crippen molar-refractivity contribution in [3.05, 3.63) is 64.7 Å². The van der Waals surface area contributed by atoms with Crippen LogP contribution < -0.4 is 5.32 Å². The fourth-order valence-corrected chi connectivity index (χ4v) is 2.22. The number of para-hydroxylation sites is 1. The van der Waals surface area contributed by atoms with E-state index in [0.717, 1.165) is 12.0 Å². The summed E-state index contributed by atoms with van der Waals surface area (Å²) in [6.07, 6.45) is 1.78. The van der Waals surface area contributed by atoms with Gasteiger partial charge in [-0.1, -0.05) is 35.9 Å². The summed E-state index contributed by atoms with van der Waals surface area (Å²) in [5.74, 6) is -1.25. The summed E-state index contributed by atoms with van der Waals surface area (Å²) in [5, 5.41) is 12.4. The number of hydrogen-bond acceptors (Lipinski definition) is 2. The first kappa shape index (κ1) is 16.0. The van der Waals surface area contributed by atoms with Crippen LogP contribution in [0.3, 0.4) is 0 Å². The molecular weight excluding hydrogens is 302 g/mol. The van der Waals surface area contributed by atoms with Crippen molar-refractivity contribution in [1.82, 2.24) is 0 Å². The number of carbonyl (C=O) groups is 2. The largest absolute Gasteiger partial charge is 0.478 e. The van der Waals surface area contributed by atoms with Gasteiger partial charge >= 0.3 is 5.97 Å². The molecule has 0 aliphatic heterocycles. The quantitative estimate of drug-likeness (QED) is 0.846. The van der Waals surface area contributed by atoms with Crippen molar-refractivity contribution < 1.29 is 14.7 Å². The van der Waals surface area contributed by atoms with E-state index in [1.54, 1.807) is 18.2 Å². The van der Waals surface area contributed by atoms with Crippen molar-refractivity contribution >= 4 is 29.2 Å². The van der Waals surface area contributed by atoms with Gasteiger partial charge in [-0.3, -0.25) is 4.79 Å². The molecule has 2 aromatic rings. The van der Waals surface area contributed by atoms with Crippen LogP contribution in [0.25, 0.3) is 0 Å². The van der Waals surface area contributed by atoms with Gasteiger partial charge in [0.15, 0.2) is 0 Å². The van der Waals surface area contributed by atoms with Crippen LogP contribution in [0, 0.1) is 0 Å². The molecule has 4 nitrogen and oxygen atoms in total. The zero-order valence-electron chi connectivity index (χ0n) is 11.9. The molecule has 1 amide bonds.